The molecule has 12 rings (SSSR count). The Labute approximate surface area is 467 Å². The molecule has 80 heavy (non-hydrogen) atoms. The van der Waals surface area contributed by atoms with Gasteiger partial charge in [0.2, 0.25) is 0 Å². The number of hydrogen-bond donors (Lipinski definition) is 0. The molecule has 0 spiro atoms. The van der Waals surface area contributed by atoms with Gasteiger partial charge in [0.1, 0.15) is 11.5 Å². The fourth-order valence-electron chi connectivity index (χ4n) is 8.92. The van der Waals surface area contributed by atoms with Crippen LogP contribution in [-0.2, 0) is 47.5 Å². The summed E-state index contributed by atoms with van der Waals surface area (Å²) in [6.07, 6.45) is 7.01. The summed E-state index contributed by atoms with van der Waals surface area (Å²) < 4.78 is 31.3. The topological polar surface area (TPSA) is 201 Å². The Kier molecular flexibility index (Phi) is 28.1. The third-order valence-electron chi connectivity index (χ3n) is 12.2. The van der Waals surface area contributed by atoms with Gasteiger partial charge in [-0.15, -0.1) is 0 Å². The van der Waals surface area contributed by atoms with Crippen LogP contribution < -0.4 is 16.1 Å². The Hall–Kier alpha value is -8.18. The summed E-state index contributed by atoms with van der Waals surface area (Å²) in [6, 6.07) is 33.0. The van der Waals surface area contributed by atoms with Crippen LogP contribution in [0.1, 0.15) is 94.4 Å². The number of ether oxygens (including phenoxy) is 7. The van der Waals surface area contributed by atoms with Gasteiger partial charge in [-0.25, -0.2) is 9.59 Å². The van der Waals surface area contributed by atoms with Gasteiger partial charge in [0.25, 0.3) is 0 Å². The van der Waals surface area contributed by atoms with E-state index in [1.54, 1.807) is 114 Å². The number of ketones is 4. The van der Waals surface area contributed by atoms with Crippen LogP contribution in [0.3, 0.4) is 0 Å². The lowest BCUT2D eigenvalue weighted by Gasteiger charge is -2.10. The molecule has 6 aromatic rings. The summed E-state index contributed by atoms with van der Waals surface area (Å²) in [6.45, 7) is 11.0. The number of benzene rings is 6. The van der Waals surface area contributed by atoms with E-state index in [1.807, 2.05) is 66.7 Å². The second-order valence-electron chi connectivity index (χ2n) is 18.2. The van der Waals surface area contributed by atoms with E-state index >= 15 is 0 Å². The minimum absolute atomic E-state index is 0.0504. The zero-order chi connectivity index (χ0) is 59.5. The van der Waals surface area contributed by atoms with Crippen LogP contribution in [0.25, 0.3) is 45.0 Å². The van der Waals surface area contributed by atoms with Crippen LogP contribution in [0.15, 0.2) is 160 Å². The fourth-order valence-corrected chi connectivity index (χ4v) is 8.92. The average Bonchev–Trinajstić information content (AvgIpc) is 4.27. The summed E-state index contributed by atoms with van der Waals surface area (Å²) in [5.41, 5.74) is 7.60. The van der Waals surface area contributed by atoms with Gasteiger partial charge in [-0.3, -0.25) is 28.8 Å². The molecule has 0 bridgehead atoms. The third-order valence-corrected chi connectivity index (χ3v) is 12.2. The Bertz CT molecular complexity index is 3190. The van der Waals surface area contributed by atoms with Gasteiger partial charge >= 0.3 is 11.9 Å². The molecule has 4 aliphatic carbocycles. The smallest absolute Gasteiger partial charge is 0.344 e. The minimum Gasteiger partial charge on any atom is -0.423 e. The first-order chi connectivity index (χ1) is 38.4. The van der Waals surface area contributed by atoms with E-state index < -0.39 is 0 Å². The van der Waals surface area contributed by atoms with E-state index in [2.05, 4.69) is 43.4 Å². The lowest BCUT2D eigenvalue weighted by molar-refractivity contribution is -0.133. The highest BCUT2D eigenvalue weighted by molar-refractivity contribution is 6.24. The molecule has 0 radical (unpaired) electrons. The molecule has 422 valence electrons. The van der Waals surface area contributed by atoms with Gasteiger partial charge in [0, 0.05) is 126 Å². The molecule has 0 amide bonds. The van der Waals surface area contributed by atoms with Crippen molar-refractivity contribution >= 4 is 69.0 Å². The third kappa shape index (κ3) is 17.4. The number of carbonyl (C=O) groups is 6. The van der Waals surface area contributed by atoms with Gasteiger partial charge in [0.05, 0.1) is 23.6 Å². The molecule has 0 atom stereocenters. The van der Waals surface area contributed by atoms with Crippen molar-refractivity contribution in [1.82, 2.24) is 0 Å². The molecule has 2 aliphatic heterocycles. The largest absolute Gasteiger partial charge is 0.423 e. The van der Waals surface area contributed by atoms with E-state index in [9.17, 15) is 38.4 Å². The van der Waals surface area contributed by atoms with E-state index in [0.717, 1.165) is 94.7 Å². The molecule has 6 aliphatic rings. The summed E-state index contributed by atoms with van der Waals surface area (Å²) in [5, 5.41) is 2.90. The second-order valence-corrected chi connectivity index (χ2v) is 18.2. The maximum absolute atomic E-state index is 11.9. The first-order valence-electron chi connectivity index (χ1n) is 25.4. The minimum atomic E-state index is -0.346. The van der Waals surface area contributed by atoms with Gasteiger partial charge in [0.15, 0.2) is 34.0 Å². The number of fused-ring (bicyclic) bond motifs is 4. The highest BCUT2D eigenvalue weighted by Crippen LogP contribution is 2.38. The summed E-state index contributed by atoms with van der Waals surface area (Å²) in [7, 11) is 16.2. The molecule has 0 fully saturated rings. The molecule has 6 aromatic carbocycles. The number of Topliss-reactive ketones (excluding diaryl/α,β-unsaturated/α-hetero) is 4. The fraction of sp³-hybridized carbons (Fsp3) is 0.292. The normalized spacial score (nSPS) is 14.6. The quantitative estimate of drug-likeness (QED) is 0.103. The van der Waals surface area contributed by atoms with Crippen LogP contribution in [0.4, 0.5) is 0 Å². The Balaban J connectivity index is 0.000000250. The van der Waals surface area contributed by atoms with Crippen molar-refractivity contribution in [1.29, 1.82) is 0 Å². The van der Waals surface area contributed by atoms with E-state index in [4.69, 9.17) is 9.47 Å². The molecule has 15 heteroatoms. The summed E-state index contributed by atoms with van der Waals surface area (Å²) in [4.78, 5) is 91.0. The summed E-state index contributed by atoms with van der Waals surface area (Å²) in [5.74, 6) is 0.546. The number of allylic oxidation sites excluding steroid dienone is 3. The van der Waals surface area contributed by atoms with Crippen LogP contribution in [-0.4, -0.2) is 106 Å². The molecule has 2 heterocycles. The number of methoxy groups -OCH3 is 5. The molecule has 15 nitrogen and oxygen atoms in total. The van der Waals surface area contributed by atoms with Crippen LogP contribution in [0, 0.1) is 0 Å². The number of esters is 2. The molecule has 0 saturated carbocycles. The van der Waals surface area contributed by atoms with Crippen molar-refractivity contribution in [2.24, 2.45) is 0 Å². The average molecular weight is 1090 g/mol. The lowest BCUT2D eigenvalue weighted by Crippen LogP contribution is -2.37. The second kappa shape index (κ2) is 34.0. The van der Waals surface area contributed by atoms with E-state index in [-0.39, 0.29) is 64.0 Å². The highest BCUT2D eigenvalue weighted by atomic mass is 16.5. The maximum atomic E-state index is 11.9. The van der Waals surface area contributed by atoms with Gasteiger partial charge in [-0.2, -0.15) is 0 Å². The van der Waals surface area contributed by atoms with E-state index in [0.29, 0.717) is 39.0 Å². The van der Waals surface area contributed by atoms with Crippen LogP contribution >= 0.6 is 0 Å². The van der Waals surface area contributed by atoms with Crippen molar-refractivity contribution in [3.8, 4) is 11.1 Å². The molecular formula is C65H72O15. The predicted molar refractivity (Wildman–Crippen MR) is 313 cm³/mol. The molecule has 0 aromatic heterocycles. The summed E-state index contributed by atoms with van der Waals surface area (Å²) >= 11 is 0. The Morgan fingerprint density at radius 3 is 1.14 bits per heavy atom. The van der Waals surface area contributed by atoms with Crippen molar-refractivity contribution < 1.29 is 61.9 Å². The predicted octanol–water partition coefficient (Wildman–Crippen LogP) is 10.5. The molecular weight excluding hydrogens is 1020 g/mol. The van der Waals surface area contributed by atoms with Gasteiger partial charge in [-0.05, 0) is 67.5 Å². The van der Waals surface area contributed by atoms with Gasteiger partial charge in [-0.1, -0.05) is 123 Å². The number of cyclic esters (lactones) is 2. The number of hydrogen-bond acceptors (Lipinski definition) is 15. The lowest BCUT2D eigenvalue weighted by atomic mass is 9.93. The molecule has 0 saturated heterocycles. The van der Waals surface area contributed by atoms with Crippen molar-refractivity contribution in [3.63, 3.8) is 0 Å². The first-order valence-corrected chi connectivity index (χ1v) is 25.4. The Morgan fingerprint density at radius 2 is 0.700 bits per heavy atom. The van der Waals surface area contributed by atoms with E-state index in [1.165, 1.54) is 0 Å². The number of rotatable bonds is 0. The highest BCUT2D eigenvalue weighted by Gasteiger charge is 2.32. The van der Waals surface area contributed by atoms with Gasteiger partial charge < -0.3 is 33.2 Å². The maximum Gasteiger partial charge on any atom is 0.344 e. The van der Waals surface area contributed by atoms with Crippen LogP contribution in [0.2, 0.25) is 0 Å². The van der Waals surface area contributed by atoms with Crippen LogP contribution in [0.5, 0.6) is 0 Å². The van der Waals surface area contributed by atoms with Crippen molar-refractivity contribution in [2.75, 3.05) is 71.1 Å². The first kappa shape index (κ1) is 66.1. The SMILES string of the molecule is C=C1OC(=O)C2=C1CCC2.C=C1OC(=O)c2ccccc2-c2ccccc21.C=c1c(=O)c2cccc3cccc(c1=O)c32.COC.COC.COC.COC.COC.O=C1CC(=O)C2=C1CCCC2.O=C1CC(=O)c2ccccc21. The monoisotopic (exact) mass is 1090 g/mol. The molecule has 0 unspecified atom stereocenters. The zero-order valence-corrected chi connectivity index (χ0v) is 47.5. The van der Waals surface area contributed by atoms with Crippen molar-refractivity contribution in [2.45, 2.75) is 57.8 Å². The Morgan fingerprint density at radius 1 is 0.350 bits per heavy atom. The van der Waals surface area contributed by atoms with Crippen molar-refractivity contribution in [3.05, 3.63) is 198 Å². The zero-order valence-electron chi connectivity index (χ0n) is 47.5. The number of carbonyl (C=O) groups excluding carboxylic acids is 6. The standard InChI is InChI=1S/C15H10O2.C14H8O2.C9H10O2.C9H6O2.C8H8O2.5C2H6O/c1-10-11-6-2-3-7-12(11)13-8-4-5-9-14(13)15(16)17-10;1-8-13(15)10-6-2-4-9-5-3-7-11(12(9)10)14(8)16;2*10-8-5-9(11)7-4-2-1-3-6(7)8;1-5-6-3-2-4-7(6)8(9)10-5;5*1-3-2/h2-9H,1H2;2-7H,1H2;1-5H2;1-4H,5H2;1-4H2;5*1-2H3. The molecule has 0 N–H and O–H groups in total.